The number of nitrogens with zero attached hydrogens (tertiary/aromatic N) is 1. The molecule has 0 spiro atoms. The van der Waals surface area contributed by atoms with Crippen LogP contribution in [0.4, 0.5) is 0 Å². The summed E-state index contributed by atoms with van der Waals surface area (Å²) in [6.07, 6.45) is 3.87. The molecule has 0 unspecified atom stereocenters. The molecule has 168 valence electrons. The highest BCUT2D eigenvalue weighted by atomic mass is 32.2. The van der Waals surface area contributed by atoms with E-state index < -0.39 is 10.0 Å². The van der Waals surface area contributed by atoms with Gasteiger partial charge in [0.1, 0.15) is 0 Å². The van der Waals surface area contributed by atoms with E-state index in [2.05, 4.69) is 5.32 Å². The number of nitrogens with one attached hydrogen (secondary N) is 1. The predicted octanol–water partition coefficient (Wildman–Crippen LogP) is 3.45. The Morgan fingerprint density at radius 3 is 2.32 bits per heavy atom. The molecule has 0 aliphatic carbocycles. The molecule has 0 aromatic heterocycles. The fourth-order valence-electron chi connectivity index (χ4n) is 2.99. The summed E-state index contributed by atoms with van der Waals surface area (Å²) in [5, 5.41) is 2.77. The third-order valence-electron chi connectivity index (χ3n) is 4.66. The Hall–Kier alpha value is -2.84. The fourth-order valence-corrected chi connectivity index (χ4v) is 4.44. The van der Waals surface area contributed by atoms with E-state index in [-0.39, 0.29) is 24.0 Å². The number of carbonyl (C=O) groups excluding carboxylic acids is 1. The minimum atomic E-state index is -3.49. The average Bonchev–Trinajstić information content (AvgIpc) is 2.77. The molecule has 2 aromatic carbocycles. The highest BCUT2D eigenvalue weighted by molar-refractivity contribution is 7.89. The van der Waals surface area contributed by atoms with Gasteiger partial charge in [-0.05, 0) is 42.3 Å². The number of rotatable bonds is 11. The van der Waals surface area contributed by atoms with E-state index in [1.165, 1.54) is 4.31 Å². The first-order chi connectivity index (χ1) is 14.8. The Balaban J connectivity index is 1.92. The van der Waals surface area contributed by atoms with Crippen molar-refractivity contribution in [1.82, 2.24) is 9.62 Å². The number of amides is 1. The van der Waals surface area contributed by atoms with Crippen molar-refractivity contribution < 1.29 is 22.7 Å². The topological polar surface area (TPSA) is 84.9 Å². The van der Waals surface area contributed by atoms with Crippen LogP contribution in [0.25, 0.3) is 6.08 Å². The normalized spacial score (nSPS) is 11.6. The summed E-state index contributed by atoms with van der Waals surface area (Å²) in [5.74, 6) is 0.740. The van der Waals surface area contributed by atoms with Gasteiger partial charge in [-0.2, -0.15) is 4.31 Å². The molecule has 1 N–H and O–H groups in total. The first-order valence-electron chi connectivity index (χ1n) is 10.1. The van der Waals surface area contributed by atoms with Gasteiger partial charge >= 0.3 is 0 Å². The summed E-state index contributed by atoms with van der Waals surface area (Å²) in [6, 6.07) is 12.0. The number of allylic oxidation sites excluding steroid dienone is 1. The molecule has 0 saturated heterocycles. The van der Waals surface area contributed by atoms with Gasteiger partial charge in [-0.15, -0.1) is 0 Å². The molecule has 0 bridgehead atoms. The van der Waals surface area contributed by atoms with Gasteiger partial charge in [-0.1, -0.05) is 44.2 Å². The number of ether oxygens (including phenoxy) is 2. The molecule has 0 atom stereocenters. The van der Waals surface area contributed by atoms with Crippen LogP contribution in [-0.2, 0) is 21.4 Å². The van der Waals surface area contributed by atoms with E-state index in [4.69, 9.17) is 9.47 Å². The lowest BCUT2D eigenvalue weighted by atomic mass is 10.2. The van der Waals surface area contributed by atoms with Gasteiger partial charge < -0.3 is 14.8 Å². The fraction of sp³-hybridized carbons (Fsp3) is 0.348. The quantitative estimate of drug-likeness (QED) is 0.571. The van der Waals surface area contributed by atoms with Crippen LogP contribution in [-0.4, -0.2) is 45.4 Å². The van der Waals surface area contributed by atoms with Gasteiger partial charge in [0.05, 0.1) is 12.0 Å². The molecule has 0 heterocycles. The number of benzene rings is 2. The highest BCUT2D eigenvalue weighted by Crippen LogP contribution is 2.28. The Labute approximate surface area is 184 Å². The zero-order chi connectivity index (χ0) is 22.9. The second-order valence-corrected chi connectivity index (χ2v) is 8.65. The molecular weight excluding hydrogens is 416 g/mol. The Kier molecular flexibility index (Phi) is 9.08. The SMILES string of the molecule is C/C=C\c1ccc(OCC(=O)NCc2ccc(S(=O)(=O)N(CC)CC)cc2)c(OC)c1. The third-order valence-corrected chi connectivity index (χ3v) is 6.73. The first-order valence-corrected chi connectivity index (χ1v) is 11.6. The molecule has 0 saturated carbocycles. The maximum absolute atomic E-state index is 12.5. The minimum Gasteiger partial charge on any atom is -0.493 e. The van der Waals surface area contributed by atoms with E-state index in [0.717, 1.165) is 11.1 Å². The van der Waals surface area contributed by atoms with Gasteiger partial charge in [0.2, 0.25) is 10.0 Å². The summed E-state index contributed by atoms with van der Waals surface area (Å²) < 4.78 is 37.4. The lowest BCUT2D eigenvalue weighted by Crippen LogP contribution is -2.30. The molecule has 0 aliphatic heterocycles. The maximum atomic E-state index is 12.5. The monoisotopic (exact) mass is 446 g/mol. The van der Waals surface area contributed by atoms with Gasteiger partial charge in [0.25, 0.3) is 5.91 Å². The maximum Gasteiger partial charge on any atom is 0.258 e. The van der Waals surface area contributed by atoms with Crippen LogP contribution in [0, 0.1) is 0 Å². The van der Waals surface area contributed by atoms with Crippen molar-refractivity contribution in [3.8, 4) is 11.5 Å². The van der Waals surface area contributed by atoms with E-state index in [9.17, 15) is 13.2 Å². The van der Waals surface area contributed by atoms with Crippen molar-refractivity contribution in [3.05, 3.63) is 59.7 Å². The number of sulfonamides is 1. The molecule has 7 nitrogen and oxygen atoms in total. The van der Waals surface area contributed by atoms with Crippen molar-refractivity contribution >= 4 is 22.0 Å². The minimum absolute atomic E-state index is 0.159. The van der Waals surface area contributed by atoms with Crippen molar-refractivity contribution in [2.24, 2.45) is 0 Å². The number of carbonyl (C=O) groups is 1. The Bertz CT molecular complexity index is 997. The molecule has 0 aliphatic rings. The summed E-state index contributed by atoms with van der Waals surface area (Å²) in [4.78, 5) is 12.4. The number of hydrogen-bond donors (Lipinski definition) is 1. The second-order valence-electron chi connectivity index (χ2n) is 6.71. The van der Waals surface area contributed by atoms with Gasteiger partial charge in [-0.25, -0.2) is 8.42 Å². The lowest BCUT2D eigenvalue weighted by Gasteiger charge is -2.18. The molecule has 8 heteroatoms. The average molecular weight is 447 g/mol. The van der Waals surface area contributed by atoms with Crippen molar-refractivity contribution in [2.75, 3.05) is 26.8 Å². The summed E-state index contributed by atoms with van der Waals surface area (Å²) in [6.45, 7) is 6.48. The van der Waals surface area contributed by atoms with Crippen LogP contribution < -0.4 is 14.8 Å². The molecule has 31 heavy (non-hydrogen) atoms. The number of hydrogen-bond acceptors (Lipinski definition) is 5. The van der Waals surface area contributed by atoms with Crippen LogP contribution in [0.3, 0.4) is 0 Å². The molecule has 1 amide bonds. The Morgan fingerprint density at radius 2 is 1.74 bits per heavy atom. The smallest absolute Gasteiger partial charge is 0.258 e. The van der Waals surface area contributed by atoms with Crippen LogP contribution in [0.5, 0.6) is 11.5 Å². The van der Waals surface area contributed by atoms with Gasteiger partial charge in [0, 0.05) is 19.6 Å². The van der Waals surface area contributed by atoms with Crippen LogP contribution in [0.2, 0.25) is 0 Å². The van der Waals surface area contributed by atoms with Crippen molar-refractivity contribution in [2.45, 2.75) is 32.2 Å². The van der Waals surface area contributed by atoms with Crippen LogP contribution in [0.15, 0.2) is 53.4 Å². The zero-order valence-electron chi connectivity index (χ0n) is 18.4. The first kappa shape index (κ1) is 24.4. The van der Waals surface area contributed by atoms with Gasteiger partial charge in [-0.3, -0.25) is 4.79 Å². The molecule has 0 radical (unpaired) electrons. The summed E-state index contributed by atoms with van der Waals surface area (Å²) in [5.41, 5.74) is 1.77. The molecule has 2 rings (SSSR count). The lowest BCUT2D eigenvalue weighted by molar-refractivity contribution is -0.123. The Morgan fingerprint density at radius 1 is 1.06 bits per heavy atom. The molecular formula is C23H30N2O5S. The molecule has 2 aromatic rings. The predicted molar refractivity (Wildman–Crippen MR) is 122 cm³/mol. The zero-order valence-corrected chi connectivity index (χ0v) is 19.2. The van der Waals surface area contributed by atoms with E-state index in [1.54, 1.807) is 51.3 Å². The third kappa shape index (κ3) is 6.57. The molecule has 0 fully saturated rings. The highest BCUT2D eigenvalue weighted by Gasteiger charge is 2.21. The van der Waals surface area contributed by atoms with Crippen LogP contribution in [0.1, 0.15) is 31.9 Å². The number of methoxy groups -OCH3 is 1. The van der Waals surface area contributed by atoms with E-state index in [0.29, 0.717) is 24.6 Å². The van der Waals surface area contributed by atoms with Crippen molar-refractivity contribution in [3.63, 3.8) is 0 Å². The van der Waals surface area contributed by atoms with Crippen LogP contribution >= 0.6 is 0 Å². The van der Waals surface area contributed by atoms with E-state index in [1.807, 2.05) is 31.2 Å². The van der Waals surface area contributed by atoms with E-state index >= 15 is 0 Å². The van der Waals surface area contributed by atoms with Gasteiger partial charge in [0.15, 0.2) is 18.1 Å². The summed E-state index contributed by atoms with van der Waals surface area (Å²) in [7, 11) is -1.94. The second kappa shape index (κ2) is 11.5. The largest absolute Gasteiger partial charge is 0.493 e. The van der Waals surface area contributed by atoms with Crippen molar-refractivity contribution in [1.29, 1.82) is 0 Å². The summed E-state index contributed by atoms with van der Waals surface area (Å²) >= 11 is 0. The standard InChI is InChI=1S/C23H30N2O5S/c1-5-8-18-11-14-21(22(15-18)29-4)30-17-23(26)24-16-19-9-12-20(13-10-19)31(27,28)25(6-2)7-3/h5,8-15H,6-7,16-17H2,1-4H3,(H,24,26)/b8-5-.